The number of rotatable bonds is 2. The Bertz CT molecular complexity index is 266. The zero-order valence-electron chi connectivity index (χ0n) is 6.37. The molecule has 0 amide bonds. The van der Waals surface area contributed by atoms with E-state index < -0.39 is 11.9 Å². The van der Waals surface area contributed by atoms with Gasteiger partial charge in [0, 0.05) is 6.92 Å². The van der Waals surface area contributed by atoms with E-state index in [1.807, 2.05) is 0 Å². The summed E-state index contributed by atoms with van der Waals surface area (Å²) < 4.78 is 4.86. The first-order valence-corrected chi connectivity index (χ1v) is 3.26. The van der Waals surface area contributed by atoms with E-state index in [0.717, 1.165) is 0 Å². The molecule has 0 fully saturated rings. The Labute approximate surface area is 63.9 Å². The lowest BCUT2D eigenvalue weighted by molar-refractivity contribution is -0.138. The highest BCUT2D eigenvalue weighted by molar-refractivity contribution is 5.74. The Balaban J connectivity index is 2.84. The molecule has 1 aromatic heterocycles. The Morgan fingerprint density at radius 2 is 2.45 bits per heavy atom. The first-order chi connectivity index (χ1) is 5.11. The van der Waals surface area contributed by atoms with E-state index in [0.29, 0.717) is 11.6 Å². The number of hydrogen-bond acceptors (Lipinski definition) is 3. The fourth-order valence-electron chi connectivity index (χ4n) is 0.706. The molecule has 1 atom stereocenters. The van der Waals surface area contributed by atoms with Gasteiger partial charge in [0.2, 0.25) is 0 Å². The fraction of sp³-hybridized carbons (Fsp3) is 0.429. The maximum absolute atomic E-state index is 10.4. The summed E-state index contributed by atoms with van der Waals surface area (Å²) in [6, 6.07) is 0. The van der Waals surface area contributed by atoms with E-state index in [9.17, 15) is 4.79 Å². The number of nitrogens with zero attached hydrogens (tertiary/aromatic N) is 1. The van der Waals surface area contributed by atoms with Crippen molar-refractivity contribution in [3.8, 4) is 0 Å². The Morgan fingerprint density at radius 3 is 2.82 bits per heavy atom. The molecule has 0 bridgehead atoms. The smallest absolute Gasteiger partial charge is 0.312 e. The highest BCUT2D eigenvalue weighted by Gasteiger charge is 2.16. The number of carbonyl (C=O) groups is 1. The quantitative estimate of drug-likeness (QED) is 0.696. The van der Waals surface area contributed by atoms with Crippen LogP contribution in [0.25, 0.3) is 0 Å². The molecule has 1 aromatic rings. The van der Waals surface area contributed by atoms with Crippen molar-refractivity contribution in [2.45, 2.75) is 19.8 Å². The minimum Gasteiger partial charge on any atom is -0.481 e. The number of aromatic nitrogens is 1. The molecule has 0 saturated heterocycles. The van der Waals surface area contributed by atoms with Crippen LogP contribution < -0.4 is 0 Å². The molecule has 0 saturated carbocycles. The molecule has 0 radical (unpaired) electrons. The maximum atomic E-state index is 10.4. The highest BCUT2D eigenvalue weighted by atomic mass is 16.4. The van der Waals surface area contributed by atoms with Crippen LogP contribution in [0.5, 0.6) is 0 Å². The summed E-state index contributed by atoms with van der Waals surface area (Å²) in [7, 11) is 0. The van der Waals surface area contributed by atoms with Crippen LogP contribution in [0, 0.1) is 6.92 Å². The fourth-order valence-corrected chi connectivity index (χ4v) is 0.706. The third kappa shape index (κ3) is 1.58. The van der Waals surface area contributed by atoms with E-state index in [4.69, 9.17) is 9.52 Å². The van der Waals surface area contributed by atoms with Gasteiger partial charge in [-0.1, -0.05) is 0 Å². The van der Waals surface area contributed by atoms with Crippen molar-refractivity contribution in [3.63, 3.8) is 0 Å². The van der Waals surface area contributed by atoms with E-state index >= 15 is 0 Å². The molecule has 1 rings (SSSR count). The summed E-state index contributed by atoms with van der Waals surface area (Å²) in [5.74, 6) is -0.987. The number of carboxylic acid groups (broad SMARTS) is 1. The van der Waals surface area contributed by atoms with Crippen LogP contribution in [0.4, 0.5) is 0 Å². The van der Waals surface area contributed by atoms with Gasteiger partial charge in [0.1, 0.15) is 6.26 Å². The Kier molecular flexibility index (Phi) is 1.94. The van der Waals surface area contributed by atoms with Gasteiger partial charge in [-0.3, -0.25) is 4.79 Å². The van der Waals surface area contributed by atoms with Crippen LogP contribution >= 0.6 is 0 Å². The Morgan fingerprint density at radius 1 is 1.82 bits per heavy atom. The molecule has 60 valence electrons. The number of carboxylic acids is 1. The second-order valence-corrected chi connectivity index (χ2v) is 2.35. The topological polar surface area (TPSA) is 63.3 Å². The molecule has 4 heteroatoms. The van der Waals surface area contributed by atoms with Crippen molar-refractivity contribution in [2.75, 3.05) is 0 Å². The molecule has 1 heterocycles. The standard InChI is InChI=1S/C7H9NO3/c1-4(7(9)10)6-3-11-5(2)8-6/h3-4H,1-2H3,(H,9,10). The highest BCUT2D eigenvalue weighted by Crippen LogP contribution is 2.13. The van der Waals surface area contributed by atoms with E-state index in [-0.39, 0.29) is 0 Å². The van der Waals surface area contributed by atoms with Gasteiger partial charge >= 0.3 is 5.97 Å². The molecular weight excluding hydrogens is 146 g/mol. The lowest BCUT2D eigenvalue weighted by atomic mass is 10.1. The second-order valence-electron chi connectivity index (χ2n) is 2.35. The normalized spacial score (nSPS) is 12.9. The number of oxazole rings is 1. The average molecular weight is 155 g/mol. The largest absolute Gasteiger partial charge is 0.481 e. The van der Waals surface area contributed by atoms with E-state index in [2.05, 4.69) is 4.98 Å². The van der Waals surface area contributed by atoms with Crippen LogP contribution in [0.15, 0.2) is 10.7 Å². The molecular formula is C7H9NO3. The second kappa shape index (κ2) is 2.74. The molecule has 0 spiro atoms. The molecule has 4 nitrogen and oxygen atoms in total. The van der Waals surface area contributed by atoms with Crippen molar-refractivity contribution in [3.05, 3.63) is 17.8 Å². The van der Waals surface area contributed by atoms with E-state index in [1.54, 1.807) is 13.8 Å². The van der Waals surface area contributed by atoms with Gasteiger partial charge in [0.05, 0.1) is 11.6 Å². The van der Waals surface area contributed by atoms with Gasteiger partial charge < -0.3 is 9.52 Å². The van der Waals surface area contributed by atoms with E-state index in [1.165, 1.54) is 6.26 Å². The molecule has 0 aromatic carbocycles. The van der Waals surface area contributed by atoms with Gasteiger partial charge in [0.15, 0.2) is 5.89 Å². The van der Waals surface area contributed by atoms with Crippen molar-refractivity contribution < 1.29 is 14.3 Å². The van der Waals surface area contributed by atoms with Crippen molar-refractivity contribution >= 4 is 5.97 Å². The van der Waals surface area contributed by atoms with Crippen LogP contribution in [-0.4, -0.2) is 16.1 Å². The predicted molar refractivity (Wildman–Crippen MR) is 37.3 cm³/mol. The third-order valence-corrected chi connectivity index (χ3v) is 1.45. The van der Waals surface area contributed by atoms with Gasteiger partial charge in [-0.15, -0.1) is 0 Å². The Hall–Kier alpha value is -1.32. The lowest BCUT2D eigenvalue weighted by Crippen LogP contribution is -2.07. The molecule has 1 unspecified atom stereocenters. The minimum absolute atomic E-state index is 0.468. The summed E-state index contributed by atoms with van der Waals surface area (Å²) in [5.41, 5.74) is 0.468. The SMILES string of the molecule is Cc1nc(C(C)C(=O)O)co1. The lowest BCUT2D eigenvalue weighted by Gasteiger charge is -1.97. The first-order valence-electron chi connectivity index (χ1n) is 3.26. The molecule has 0 aliphatic heterocycles. The maximum Gasteiger partial charge on any atom is 0.312 e. The molecule has 1 N–H and O–H groups in total. The van der Waals surface area contributed by atoms with Crippen LogP contribution in [0.1, 0.15) is 24.4 Å². The monoisotopic (exact) mass is 155 g/mol. The summed E-state index contributed by atoms with van der Waals surface area (Å²) >= 11 is 0. The van der Waals surface area contributed by atoms with Gasteiger partial charge in [-0.25, -0.2) is 4.98 Å². The number of aliphatic carboxylic acids is 1. The molecule has 11 heavy (non-hydrogen) atoms. The first kappa shape index (κ1) is 7.78. The predicted octanol–water partition coefficient (Wildman–Crippen LogP) is 1.17. The van der Waals surface area contributed by atoms with Crippen LogP contribution in [-0.2, 0) is 4.79 Å². The average Bonchev–Trinajstić information content (AvgIpc) is 2.34. The van der Waals surface area contributed by atoms with Crippen molar-refractivity contribution in [1.29, 1.82) is 0 Å². The number of aryl methyl sites for hydroxylation is 1. The molecule has 0 aliphatic rings. The van der Waals surface area contributed by atoms with Crippen LogP contribution in [0.3, 0.4) is 0 Å². The van der Waals surface area contributed by atoms with Gasteiger partial charge in [-0.2, -0.15) is 0 Å². The van der Waals surface area contributed by atoms with Crippen LogP contribution in [0.2, 0.25) is 0 Å². The van der Waals surface area contributed by atoms with Gasteiger partial charge in [0.25, 0.3) is 0 Å². The summed E-state index contributed by atoms with van der Waals surface area (Å²) in [5, 5.41) is 8.56. The zero-order chi connectivity index (χ0) is 8.43. The summed E-state index contributed by atoms with van der Waals surface area (Å²) in [4.78, 5) is 14.3. The molecule has 0 aliphatic carbocycles. The third-order valence-electron chi connectivity index (χ3n) is 1.45. The number of hydrogen-bond donors (Lipinski definition) is 1. The summed E-state index contributed by atoms with van der Waals surface area (Å²) in [6.07, 6.45) is 1.37. The van der Waals surface area contributed by atoms with Crippen molar-refractivity contribution in [2.24, 2.45) is 0 Å². The zero-order valence-corrected chi connectivity index (χ0v) is 6.37. The van der Waals surface area contributed by atoms with Gasteiger partial charge in [-0.05, 0) is 6.92 Å². The summed E-state index contributed by atoms with van der Waals surface area (Å²) in [6.45, 7) is 3.25. The van der Waals surface area contributed by atoms with Crippen molar-refractivity contribution in [1.82, 2.24) is 4.98 Å². The minimum atomic E-state index is -0.890.